The number of halogens is 1. The van der Waals surface area contributed by atoms with Crippen molar-refractivity contribution in [2.75, 3.05) is 4.90 Å². The van der Waals surface area contributed by atoms with Crippen LogP contribution in [-0.2, 0) is 6.42 Å². The van der Waals surface area contributed by atoms with E-state index in [2.05, 4.69) is 33.9 Å². The Bertz CT molecular complexity index is 656. The molecule has 1 aliphatic rings. The number of carbonyl (C=O) groups is 1. The van der Waals surface area contributed by atoms with Crippen molar-refractivity contribution in [3.63, 3.8) is 0 Å². The van der Waals surface area contributed by atoms with E-state index in [1.807, 2.05) is 35.2 Å². The van der Waals surface area contributed by atoms with Crippen molar-refractivity contribution < 1.29 is 4.79 Å². The standard InChI is InChI=1S/C16H15BrN2O/c1-11-8-9-12-5-2-3-7-14(12)19(11)16(20)15-13(17)6-4-10-18-15/h2-7,10-11H,8-9H2,1H3. The number of fused-ring (bicyclic) bond motifs is 1. The fourth-order valence-electron chi connectivity index (χ4n) is 2.65. The zero-order valence-electron chi connectivity index (χ0n) is 11.2. The van der Waals surface area contributed by atoms with Crippen LogP contribution in [0.15, 0.2) is 47.1 Å². The van der Waals surface area contributed by atoms with Crippen LogP contribution in [0.4, 0.5) is 5.69 Å². The second-order valence-electron chi connectivity index (χ2n) is 5.03. The van der Waals surface area contributed by atoms with Gasteiger partial charge >= 0.3 is 0 Å². The molecule has 0 spiro atoms. The van der Waals surface area contributed by atoms with E-state index in [-0.39, 0.29) is 11.9 Å². The second kappa shape index (κ2) is 5.37. The molecule has 1 aromatic heterocycles. The molecule has 2 aromatic rings. The summed E-state index contributed by atoms with van der Waals surface area (Å²) in [5, 5.41) is 0. The SMILES string of the molecule is CC1CCc2ccccc2N1C(=O)c1ncccc1Br. The average Bonchev–Trinajstić information content (AvgIpc) is 2.47. The third-order valence-corrected chi connectivity index (χ3v) is 4.34. The second-order valence-corrected chi connectivity index (χ2v) is 5.88. The molecule has 3 rings (SSSR count). The molecule has 20 heavy (non-hydrogen) atoms. The number of benzene rings is 1. The summed E-state index contributed by atoms with van der Waals surface area (Å²) in [7, 11) is 0. The lowest BCUT2D eigenvalue weighted by Crippen LogP contribution is -2.42. The summed E-state index contributed by atoms with van der Waals surface area (Å²) in [6, 6.07) is 12.0. The quantitative estimate of drug-likeness (QED) is 0.796. The first-order chi connectivity index (χ1) is 9.68. The fourth-order valence-corrected chi connectivity index (χ4v) is 3.08. The molecule has 1 atom stereocenters. The smallest absolute Gasteiger partial charge is 0.278 e. The highest BCUT2D eigenvalue weighted by Gasteiger charge is 2.30. The van der Waals surface area contributed by atoms with Gasteiger partial charge in [0.15, 0.2) is 0 Å². The minimum Gasteiger partial charge on any atom is -0.304 e. The van der Waals surface area contributed by atoms with Gasteiger partial charge in [0.1, 0.15) is 5.69 Å². The summed E-state index contributed by atoms with van der Waals surface area (Å²) in [6.07, 6.45) is 3.65. The first-order valence-corrected chi connectivity index (χ1v) is 7.50. The van der Waals surface area contributed by atoms with Gasteiger partial charge in [0, 0.05) is 22.4 Å². The van der Waals surface area contributed by atoms with Gasteiger partial charge in [-0.15, -0.1) is 0 Å². The van der Waals surface area contributed by atoms with Crippen LogP contribution in [0.2, 0.25) is 0 Å². The lowest BCUT2D eigenvalue weighted by Gasteiger charge is -2.35. The number of hydrogen-bond acceptors (Lipinski definition) is 2. The van der Waals surface area contributed by atoms with Gasteiger partial charge in [0.25, 0.3) is 5.91 Å². The Hall–Kier alpha value is -1.68. The number of rotatable bonds is 1. The zero-order valence-corrected chi connectivity index (χ0v) is 12.8. The molecule has 0 aliphatic carbocycles. The number of aromatic nitrogens is 1. The number of anilines is 1. The molecule has 1 amide bonds. The van der Waals surface area contributed by atoms with Gasteiger partial charge in [-0.2, -0.15) is 0 Å². The maximum absolute atomic E-state index is 12.8. The van der Waals surface area contributed by atoms with E-state index >= 15 is 0 Å². The Labute approximate surface area is 126 Å². The van der Waals surface area contributed by atoms with Gasteiger partial charge in [-0.05, 0) is 59.5 Å². The fraction of sp³-hybridized carbons (Fsp3) is 0.250. The molecule has 0 saturated carbocycles. The van der Waals surface area contributed by atoms with E-state index in [9.17, 15) is 4.79 Å². The van der Waals surface area contributed by atoms with Crippen LogP contribution in [0.1, 0.15) is 29.4 Å². The Kier molecular flexibility index (Phi) is 3.57. The molecule has 102 valence electrons. The van der Waals surface area contributed by atoms with Crippen LogP contribution < -0.4 is 4.90 Å². The van der Waals surface area contributed by atoms with Crippen LogP contribution >= 0.6 is 15.9 Å². The van der Waals surface area contributed by atoms with Gasteiger partial charge in [-0.25, -0.2) is 4.98 Å². The molecule has 1 aliphatic heterocycles. The number of carbonyl (C=O) groups excluding carboxylic acids is 1. The average molecular weight is 331 g/mol. The largest absolute Gasteiger partial charge is 0.304 e. The summed E-state index contributed by atoms with van der Waals surface area (Å²) in [5.74, 6) is -0.0443. The van der Waals surface area contributed by atoms with Gasteiger partial charge in [0.05, 0.1) is 0 Å². The normalized spacial score (nSPS) is 17.7. The molecule has 0 fully saturated rings. The van der Waals surface area contributed by atoms with Crippen molar-refractivity contribution in [3.8, 4) is 0 Å². The Morgan fingerprint density at radius 2 is 2.10 bits per heavy atom. The third kappa shape index (κ3) is 2.24. The van der Waals surface area contributed by atoms with Crippen molar-refractivity contribution in [1.29, 1.82) is 0 Å². The van der Waals surface area contributed by atoms with Crippen molar-refractivity contribution in [2.24, 2.45) is 0 Å². The van der Waals surface area contributed by atoms with Gasteiger partial charge in [0.2, 0.25) is 0 Å². The van der Waals surface area contributed by atoms with Gasteiger partial charge in [-0.1, -0.05) is 18.2 Å². The highest BCUT2D eigenvalue weighted by Crippen LogP contribution is 2.32. The van der Waals surface area contributed by atoms with Gasteiger partial charge < -0.3 is 4.90 Å². The summed E-state index contributed by atoms with van der Waals surface area (Å²) in [5.41, 5.74) is 2.70. The number of amides is 1. The Balaban J connectivity index is 2.05. The van der Waals surface area contributed by atoms with Crippen molar-refractivity contribution in [3.05, 3.63) is 58.3 Å². The van der Waals surface area contributed by atoms with Crippen LogP contribution in [-0.4, -0.2) is 16.9 Å². The predicted octanol–water partition coefficient (Wildman–Crippen LogP) is 3.83. The minimum atomic E-state index is -0.0443. The first kappa shape index (κ1) is 13.3. The molecule has 1 aromatic carbocycles. The summed E-state index contributed by atoms with van der Waals surface area (Å²) in [6.45, 7) is 2.09. The maximum atomic E-state index is 12.8. The molecular weight excluding hydrogens is 316 g/mol. The Morgan fingerprint density at radius 3 is 2.90 bits per heavy atom. The van der Waals surface area contributed by atoms with Gasteiger partial charge in [-0.3, -0.25) is 4.79 Å². The highest BCUT2D eigenvalue weighted by molar-refractivity contribution is 9.10. The van der Waals surface area contributed by atoms with Crippen LogP contribution in [0.25, 0.3) is 0 Å². The Morgan fingerprint density at radius 1 is 1.30 bits per heavy atom. The van der Waals surface area contributed by atoms with Crippen LogP contribution in [0, 0.1) is 0 Å². The molecular formula is C16H15BrN2O. The van der Waals surface area contributed by atoms with E-state index in [4.69, 9.17) is 0 Å². The monoisotopic (exact) mass is 330 g/mol. The van der Waals surface area contributed by atoms with E-state index < -0.39 is 0 Å². The molecule has 0 N–H and O–H groups in total. The van der Waals surface area contributed by atoms with E-state index in [0.29, 0.717) is 5.69 Å². The number of aryl methyl sites for hydroxylation is 1. The number of para-hydroxylation sites is 1. The number of hydrogen-bond donors (Lipinski definition) is 0. The summed E-state index contributed by atoms with van der Waals surface area (Å²) < 4.78 is 0.736. The summed E-state index contributed by atoms with van der Waals surface area (Å²) in [4.78, 5) is 18.9. The molecule has 3 nitrogen and oxygen atoms in total. The number of pyridine rings is 1. The molecule has 0 saturated heterocycles. The first-order valence-electron chi connectivity index (χ1n) is 6.70. The minimum absolute atomic E-state index is 0.0443. The van der Waals surface area contributed by atoms with E-state index in [1.54, 1.807) is 6.20 Å². The van der Waals surface area contributed by atoms with Crippen LogP contribution in [0.5, 0.6) is 0 Å². The lowest BCUT2D eigenvalue weighted by atomic mass is 9.96. The van der Waals surface area contributed by atoms with E-state index in [0.717, 1.165) is 23.0 Å². The molecule has 0 radical (unpaired) electrons. The lowest BCUT2D eigenvalue weighted by molar-refractivity contribution is 0.0969. The van der Waals surface area contributed by atoms with Crippen molar-refractivity contribution in [2.45, 2.75) is 25.8 Å². The zero-order chi connectivity index (χ0) is 14.1. The maximum Gasteiger partial charge on any atom is 0.278 e. The van der Waals surface area contributed by atoms with E-state index in [1.165, 1.54) is 5.56 Å². The molecule has 2 heterocycles. The predicted molar refractivity (Wildman–Crippen MR) is 83.0 cm³/mol. The molecule has 4 heteroatoms. The topological polar surface area (TPSA) is 33.2 Å². The third-order valence-electron chi connectivity index (χ3n) is 3.70. The summed E-state index contributed by atoms with van der Waals surface area (Å²) >= 11 is 3.41. The van der Waals surface area contributed by atoms with Crippen molar-refractivity contribution >= 4 is 27.5 Å². The molecule has 0 bridgehead atoms. The van der Waals surface area contributed by atoms with Crippen LogP contribution in [0.3, 0.4) is 0 Å². The number of nitrogens with zero attached hydrogens (tertiary/aromatic N) is 2. The highest BCUT2D eigenvalue weighted by atomic mass is 79.9. The van der Waals surface area contributed by atoms with Crippen molar-refractivity contribution in [1.82, 2.24) is 4.98 Å². The molecule has 1 unspecified atom stereocenters.